The Morgan fingerprint density at radius 3 is 2.60 bits per heavy atom. The van der Waals surface area contributed by atoms with Crippen molar-refractivity contribution in [2.45, 2.75) is 32.6 Å². The predicted octanol–water partition coefficient (Wildman–Crippen LogP) is 2.93. The van der Waals surface area contributed by atoms with E-state index in [9.17, 15) is 0 Å². The van der Waals surface area contributed by atoms with Crippen molar-refractivity contribution >= 4 is 11.8 Å². The lowest BCUT2D eigenvalue weighted by Gasteiger charge is -1.87. The molecule has 0 fully saturated rings. The van der Waals surface area contributed by atoms with Crippen LogP contribution >= 0.6 is 11.8 Å². The lowest BCUT2D eigenvalue weighted by atomic mass is 10.2. The molecular weight excluding hydrogens is 140 g/mol. The first-order valence-corrected chi connectivity index (χ1v) is 5.25. The normalized spacial score (nSPS) is 8.60. The first kappa shape index (κ1) is 9.91. The molecule has 0 unspecified atom stereocenters. The van der Waals surface area contributed by atoms with Gasteiger partial charge in [-0.2, -0.15) is 11.8 Å². The maximum Gasteiger partial charge on any atom is 0.0544 e. The fourth-order valence-corrected chi connectivity index (χ4v) is 0.921. The molecule has 0 nitrogen and oxygen atoms in total. The lowest BCUT2D eigenvalue weighted by molar-refractivity contribution is 0.737. The van der Waals surface area contributed by atoms with E-state index >= 15 is 0 Å². The Morgan fingerprint density at radius 1 is 1.20 bits per heavy atom. The minimum Gasteiger partial charge on any atom is -0.152 e. The molecule has 0 atom stereocenters. The third-order valence-electron chi connectivity index (χ3n) is 1.25. The van der Waals surface area contributed by atoms with Gasteiger partial charge in [-0.15, -0.1) is 5.92 Å². The summed E-state index contributed by atoms with van der Waals surface area (Å²) in [5.74, 6) is 7.25. The van der Waals surface area contributed by atoms with E-state index in [0.29, 0.717) is 0 Å². The Morgan fingerprint density at radius 2 is 2.00 bits per heavy atom. The van der Waals surface area contributed by atoms with Gasteiger partial charge in [-0.25, -0.2) is 0 Å². The van der Waals surface area contributed by atoms with Crippen molar-refractivity contribution in [3.05, 3.63) is 0 Å². The minimum atomic E-state index is 0.992. The Hall–Kier alpha value is -0.0900. The Balaban J connectivity index is 2.96. The van der Waals surface area contributed by atoms with Crippen molar-refractivity contribution in [1.82, 2.24) is 0 Å². The van der Waals surface area contributed by atoms with E-state index < -0.39 is 0 Å². The van der Waals surface area contributed by atoms with Crippen LogP contribution in [0.5, 0.6) is 0 Å². The highest BCUT2D eigenvalue weighted by molar-refractivity contribution is 7.98. The van der Waals surface area contributed by atoms with Crippen molar-refractivity contribution in [3.63, 3.8) is 0 Å². The van der Waals surface area contributed by atoms with Crippen LogP contribution in [0.25, 0.3) is 0 Å². The van der Waals surface area contributed by atoms with E-state index in [4.69, 9.17) is 0 Å². The van der Waals surface area contributed by atoms with Crippen LogP contribution in [0, 0.1) is 11.8 Å². The van der Waals surface area contributed by atoms with Gasteiger partial charge in [0.15, 0.2) is 0 Å². The predicted molar refractivity (Wildman–Crippen MR) is 50.3 cm³/mol. The largest absolute Gasteiger partial charge is 0.152 e. The molecule has 0 N–H and O–H groups in total. The second-order valence-corrected chi connectivity index (χ2v) is 3.11. The van der Waals surface area contributed by atoms with E-state index in [2.05, 4.69) is 25.0 Å². The van der Waals surface area contributed by atoms with Crippen molar-refractivity contribution in [2.75, 3.05) is 12.0 Å². The van der Waals surface area contributed by atoms with E-state index in [-0.39, 0.29) is 0 Å². The van der Waals surface area contributed by atoms with E-state index in [1.807, 2.05) is 0 Å². The van der Waals surface area contributed by atoms with Crippen molar-refractivity contribution in [3.8, 4) is 11.8 Å². The Labute approximate surface area is 68.8 Å². The van der Waals surface area contributed by atoms with Gasteiger partial charge in [0.25, 0.3) is 0 Å². The Bertz CT molecular complexity index is 108. The molecule has 0 aromatic heterocycles. The standard InChI is InChI=1S/C9H16S/c1-3-4-5-6-7-8-9-10-2/h3-6,9H2,1-2H3. The average Bonchev–Trinajstić information content (AvgIpc) is 1.97. The summed E-state index contributed by atoms with van der Waals surface area (Å²) in [5.41, 5.74) is 0. The molecule has 1 heteroatoms. The highest BCUT2D eigenvalue weighted by Gasteiger charge is 1.79. The van der Waals surface area contributed by atoms with E-state index in [0.717, 1.165) is 12.2 Å². The molecule has 0 bridgehead atoms. The first-order chi connectivity index (χ1) is 4.91. The first-order valence-electron chi connectivity index (χ1n) is 3.86. The number of thioether (sulfide) groups is 1. The van der Waals surface area contributed by atoms with Crippen LogP contribution in [-0.4, -0.2) is 12.0 Å². The van der Waals surface area contributed by atoms with Gasteiger partial charge >= 0.3 is 0 Å². The molecule has 0 aliphatic heterocycles. The van der Waals surface area contributed by atoms with Crippen LogP contribution in [0.4, 0.5) is 0 Å². The summed E-state index contributed by atoms with van der Waals surface area (Å²) in [6.45, 7) is 2.22. The highest BCUT2D eigenvalue weighted by atomic mass is 32.2. The maximum absolute atomic E-state index is 3.15. The van der Waals surface area contributed by atoms with Gasteiger partial charge in [-0.1, -0.05) is 25.7 Å². The zero-order chi connectivity index (χ0) is 7.66. The molecular formula is C9H16S. The SMILES string of the molecule is CCCCCC#CCSC. The van der Waals surface area contributed by atoms with Gasteiger partial charge in [0.1, 0.15) is 0 Å². The van der Waals surface area contributed by atoms with Crippen LogP contribution in [0.3, 0.4) is 0 Å². The molecule has 0 heterocycles. The molecule has 0 amide bonds. The summed E-state index contributed by atoms with van der Waals surface area (Å²) < 4.78 is 0. The Kier molecular flexibility index (Phi) is 8.83. The zero-order valence-corrected chi connectivity index (χ0v) is 7.76. The monoisotopic (exact) mass is 156 g/mol. The molecule has 0 saturated heterocycles. The van der Waals surface area contributed by atoms with Crippen LogP contribution in [0.15, 0.2) is 0 Å². The van der Waals surface area contributed by atoms with E-state index in [1.54, 1.807) is 11.8 Å². The second kappa shape index (κ2) is 8.91. The molecule has 0 aliphatic rings. The van der Waals surface area contributed by atoms with Crippen LogP contribution in [0.1, 0.15) is 32.6 Å². The number of hydrogen-bond donors (Lipinski definition) is 0. The molecule has 0 aromatic rings. The number of unbranched alkanes of at least 4 members (excludes halogenated alkanes) is 3. The molecule has 0 radical (unpaired) electrons. The van der Waals surface area contributed by atoms with Gasteiger partial charge in [-0.3, -0.25) is 0 Å². The van der Waals surface area contributed by atoms with Gasteiger partial charge < -0.3 is 0 Å². The van der Waals surface area contributed by atoms with Gasteiger partial charge in [0.2, 0.25) is 0 Å². The van der Waals surface area contributed by atoms with E-state index in [1.165, 1.54) is 19.3 Å². The van der Waals surface area contributed by atoms with Crippen molar-refractivity contribution in [1.29, 1.82) is 0 Å². The molecule has 10 heavy (non-hydrogen) atoms. The number of hydrogen-bond acceptors (Lipinski definition) is 1. The van der Waals surface area contributed by atoms with Gasteiger partial charge in [0, 0.05) is 6.42 Å². The molecule has 0 spiro atoms. The molecule has 0 aliphatic carbocycles. The summed E-state index contributed by atoms with van der Waals surface area (Å²) in [7, 11) is 0. The summed E-state index contributed by atoms with van der Waals surface area (Å²) in [4.78, 5) is 0. The fourth-order valence-electron chi connectivity index (χ4n) is 0.675. The van der Waals surface area contributed by atoms with Crippen LogP contribution in [-0.2, 0) is 0 Å². The molecule has 0 saturated carbocycles. The van der Waals surface area contributed by atoms with Crippen LogP contribution in [0.2, 0.25) is 0 Å². The van der Waals surface area contributed by atoms with Gasteiger partial charge in [0.05, 0.1) is 5.75 Å². The summed E-state index contributed by atoms with van der Waals surface area (Å²) in [5, 5.41) is 0. The molecule has 0 rings (SSSR count). The van der Waals surface area contributed by atoms with Gasteiger partial charge in [-0.05, 0) is 12.7 Å². The van der Waals surface area contributed by atoms with Crippen molar-refractivity contribution < 1.29 is 0 Å². The van der Waals surface area contributed by atoms with Crippen LogP contribution < -0.4 is 0 Å². The second-order valence-electron chi connectivity index (χ2n) is 2.24. The third kappa shape index (κ3) is 7.91. The third-order valence-corrected chi connectivity index (χ3v) is 1.68. The summed E-state index contributed by atoms with van der Waals surface area (Å²) in [6.07, 6.45) is 7.07. The highest BCUT2D eigenvalue weighted by Crippen LogP contribution is 1.96. The smallest absolute Gasteiger partial charge is 0.0544 e. The fraction of sp³-hybridized carbons (Fsp3) is 0.778. The topological polar surface area (TPSA) is 0 Å². The zero-order valence-electron chi connectivity index (χ0n) is 6.94. The lowest BCUT2D eigenvalue weighted by Crippen LogP contribution is -1.72. The molecule has 0 aromatic carbocycles. The van der Waals surface area contributed by atoms with Crippen molar-refractivity contribution in [2.24, 2.45) is 0 Å². The summed E-state index contributed by atoms with van der Waals surface area (Å²) in [6, 6.07) is 0. The quantitative estimate of drug-likeness (QED) is 0.445. The minimum absolute atomic E-state index is 0.992. The molecule has 58 valence electrons. The summed E-state index contributed by atoms with van der Waals surface area (Å²) >= 11 is 1.79. The number of rotatable bonds is 4. The average molecular weight is 156 g/mol. The maximum atomic E-state index is 3.15.